The van der Waals surface area contributed by atoms with E-state index in [1.807, 2.05) is 51.3 Å². The van der Waals surface area contributed by atoms with Gasteiger partial charge in [-0.15, -0.1) is 11.3 Å². The molecule has 0 unspecified atom stereocenters. The van der Waals surface area contributed by atoms with Gasteiger partial charge in [0, 0.05) is 24.0 Å². The standard InChI is InChI=1S/C22H28N2O4S/c1-13-6-7-17(8-14(13)2)18-12-29-21(20(18)22(26)27-5)23-19(25)11-24-9-15(3)28-16(4)10-24/h6-8,12,15-16H,9-11H2,1-5H3,(H,23,25)/t15-,16-/m0/s1. The zero-order chi connectivity index (χ0) is 21.1. The highest BCUT2D eigenvalue weighted by Crippen LogP contribution is 2.36. The van der Waals surface area contributed by atoms with E-state index in [2.05, 4.69) is 10.2 Å². The summed E-state index contributed by atoms with van der Waals surface area (Å²) in [5, 5.41) is 5.33. The van der Waals surface area contributed by atoms with Crippen LogP contribution < -0.4 is 5.32 Å². The third-order valence-corrected chi connectivity index (χ3v) is 6.01. The maximum absolute atomic E-state index is 12.7. The van der Waals surface area contributed by atoms with Gasteiger partial charge in [-0.3, -0.25) is 9.69 Å². The van der Waals surface area contributed by atoms with Gasteiger partial charge in [0.15, 0.2) is 0 Å². The van der Waals surface area contributed by atoms with Crippen LogP contribution in [0.15, 0.2) is 23.6 Å². The number of carbonyl (C=O) groups is 2. The molecule has 2 atom stereocenters. The number of morpholine rings is 1. The molecule has 29 heavy (non-hydrogen) atoms. The molecule has 1 saturated heterocycles. The van der Waals surface area contributed by atoms with E-state index in [0.29, 0.717) is 23.7 Å². The van der Waals surface area contributed by atoms with Crippen molar-refractivity contribution in [3.05, 3.63) is 40.3 Å². The van der Waals surface area contributed by atoms with Crippen LogP contribution in [0.1, 0.15) is 35.3 Å². The molecule has 156 valence electrons. The van der Waals surface area contributed by atoms with Gasteiger partial charge < -0.3 is 14.8 Å². The minimum absolute atomic E-state index is 0.0929. The molecular formula is C22H28N2O4S. The number of anilines is 1. The number of thiophene rings is 1. The molecule has 1 amide bonds. The van der Waals surface area contributed by atoms with Crippen molar-refractivity contribution in [2.75, 3.05) is 32.1 Å². The highest BCUT2D eigenvalue weighted by molar-refractivity contribution is 7.15. The van der Waals surface area contributed by atoms with Gasteiger partial charge in [-0.05, 0) is 44.4 Å². The van der Waals surface area contributed by atoms with E-state index in [0.717, 1.165) is 16.7 Å². The van der Waals surface area contributed by atoms with Crippen LogP contribution in [0.3, 0.4) is 0 Å². The van der Waals surface area contributed by atoms with E-state index >= 15 is 0 Å². The summed E-state index contributed by atoms with van der Waals surface area (Å²) in [6.45, 7) is 9.77. The number of benzene rings is 1. The number of nitrogens with zero attached hydrogens (tertiary/aromatic N) is 1. The molecule has 0 spiro atoms. The fourth-order valence-electron chi connectivity index (χ4n) is 3.66. The smallest absolute Gasteiger partial charge is 0.341 e. The average Bonchev–Trinajstić information content (AvgIpc) is 3.05. The number of nitrogens with one attached hydrogen (secondary N) is 1. The number of esters is 1. The van der Waals surface area contributed by atoms with Gasteiger partial charge in [-0.1, -0.05) is 18.2 Å². The van der Waals surface area contributed by atoms with Gasteiger partial charge >= 0.3 is 5.97 Å². The van der Waals surface area contributed by atoms with E-state index in [-0.39, 0.29) is 24.7 Å². The molecule has 1 aromatic carbocycles. The van der Waals surface area contributed by atoms with Gasteiger partial charge in [0.05, 0.1) is 25.9 Å². The van der Waals surface area contributed by atoms with Crippen molar-refractivity contribution in [1.29, 1.82) is 0 Å². The van der Waals surface area contributed by atoms with Crippen LogP contribution >= 0.6 is 11.3 Å². The summed E-state index contributed by atoms with van der Waals surface area (Å²) in [6, 6.07) is 6.06. The maximum atomic E-state index is 12.7. The highest BCUT2D eigenvalue weighted by Gasteiger charge is 2.26. The number of amides is 1. The normalized spacial score (nSPS) is 19.8. The minimum atomic E-state index is -0.455. The molecule has 0 aliphatic carbocycles. The lowest BCUT2D eigenvalue weighted by molar-refractivity contribution is -0.121. The SMILES string of the molecule is COC(=O)c1c(-c2ccc(C)c(C)c2)csc1NC(=O)CN1C[C@H](C)O[C@@H](C)C1. The van der Waals surface area contributed by atoms with Crippen LogP contribution in [0.2, 0.25) is 0 Å². The van der Waals surface area contributed by atoms with Crippen LogP contribution in [0.5, 0.6) is 0 Å². The van der Waals surface area contributed by atoms with Gasteiger partial charge in [0.25, 0.3) is 0 Å². The molecule has 0 radical (unpaired) electrons. The lowest BCUT2D eigenvalue weighted by atomic mass is 9.99. The predicted octanol–water partition coefficient (Wildman–Crippen LogP) is 3.87. The second-order valence-corrected chi connectivity index (χ2v) is 8.52. The summed E-state index contributed by atoms with van der Waals surface area (Å²) in [7, 11) is 1.35. The van der Waals surface area contributed by atoms with Crippen LogP contribution in [0.25, 0.3) is 11.1 Å². The molecule has 1 aliphatic heterocycles. The van der Waals surface area contributed by atoms with E-state index in [9.17, 15) is 9.59 Å². The number of aryl methyl sites for hydroxylation is 2. The van der Waals surface area contributed by atoms with E-state index in [1.165, 1.54) is 24.0 Å². The minimum Gasteiger partial charge on any atom is -0.465 e. The Kier molecular flexibility index (Phi) is 6.72. The van der Waals surface area contributed by atoms with Crippen LogP contribution in [0.4, 0.5) is 5.00 Å². The van der Waals surface area contributed by atoms with Crippen LogP contribution in [-0.4, -0.2) is 55.7 Å². The Morgan fingerprint density at radius 2 is 1.90 bits per heavy atom. The third kappa shape index (κ3) is 5.04. The average molecular weight is 417 g/mol. The van der Waals surface area contributed by atoms with Gasteiger partial charge in [0.2, 0.25) is 5.91 Å². The Morgan fingerprint density at radius 1 is 1.21 bits per heavy atom. The molecule has 6 nitrogen and oxygen atoms in total. The Balaban J connectivity index is 1.82. The van der Waals surface area contributed by atoms with Crippen LogP contribution in [-0.2, 0) is 14.3 Å². The Labute approximate surface area is 175 Å². The van der Waals surface area contributed by atoms with E-state index in [4.69, 9.17) is 9.47 Å². The van der Waals surface area contributed by atoms with Crippen molar-refractivity contribution >= 4 is 28.2 Å². The van der Waals surface area contributed by atoms with Crippen molar-refractivity contribution in [1.82, 2.24) is 4.90 Å². The predicted molar refractivity (Wildman–Crippen MR) is 116 cm³/mol. The molecule has 2 heterocycles. The first kappa shape index (κ1) is 21.5. The summed E-state index contributed by atoms with van der Waals surface area (Å²) in [6.07, 6.45) is 0.186. The Bertz CT molecular complexity index is 898. The van der Waals surface area contributed by atoms with Crippen molar-refractivity contribution in [3.8, 4) is 11.1 Å². The lowest BCUT2D eigenvalue weighted by Gasteiger charge is -2.34. The van der Waals surface area contributed by atoms with Crippen molar-refractivity contribution in [3.63, 3.8) is 0 Å². The highest BCUT2D eigenvalue weighted by atomic mass is 32.1. The monoisotopic (exact) mass is 416 g/mol. The molecule has 2 aromatic rings. The molecular weight excluding hydrogens is 388 g/mol. The number of ether oxygens (including phenoxy) is 2. The van der Waals surface area contributed by atoms with E-state index < -0.39 is 5.97 Å². The second kappa shape index (κ2) is 9.07. The largest absolute Gasteiger partial charge is 0.465 e. The van der Waals surface area contributed by atoms with Crippen molar-refractivity contribution in [2.24, 2.45) is 0 Å². The quantitative estimate of drug-likeness (QED) is 0.750. The molecule has 7 heteroatoms. The van der Waals surface area contributed by atoms with Crippen molar-refractivity contribution in [2.45, 2.75) is 39.9 Å². The summed E-state index contributed by atoms with van der Waals surface area (Å²) in [5.41, 5.74) is 4.43. The first-order chi connectivity index (χ1) is 13.8. The van der Waals surface area contributed by atoms with E-state index in [1.54, 1.807) is 0 Å². The van der Waals surface area contributed by atoms with Gasteiger partial charge in [-0.25, -0.2) is 4.79 Å². The molecule has 0 saturated carbocycles. The van der Waals surface area contributed by atoms with Crippen molar-refractivity contribution < 1.29 is 19.1 Å². The zero-order valence-corrected chi connectivity index (χ0v) is 18.4. The number of methoxy groups -OCH3 is 1. The molecule has 1 N–H and O–H groups in total. The van der Waals surface area contributed by atoms with Gasteiger partial charge in [0.1, 0.15) is 10.6 Å². The fraction of sp³-hybridized carbons (Fsp3) is 0.455. The van der Waals surface area contributed by atoms with Gasteiger partial charge in [-0.2, -0.15) is 0 Å². The van der Waals surface area contributed by atoms with Crippen LogP contribution in [0, 0.1) is 13.8 Å². The number of rotatable bonds is 5. The summed E-state index contributed by atoms with van der Waals surface area (Å²) >= 11 is 1.34. The summed E-state index contributed by atoms with van der Waals surface area (Å²) in [4.78, 5) is 27.2. The Morgan fingerprint density at radius 3 is 2.52 bits per heavy atom. The number of hydrogen-bond donors (Lipinski definition) is 1. The molecule has 0 bridgehead atoms. The number of carbonyl (C=O) groups excluding carboxylic acids is 2. The number of hydrogen-bond acceptors (Lipinski definition) is 6. The third-order valence-electron chi connectivity index (χ3n) is 5.11. The first-order valence-electron chi connectivity index (χ1n) is 9.73. The maximum Gasteiger partial charge on any atom is 0.341 e. The molecule has 1 fully saturated rings. The topological polar surface area (TPSA) is 67.9 Å². The zero-order valence-electron chi connectivity index (χ0n) is 17.6. The summed E-state index contributed by atoms with van der Waals surface area (Å²) < 4.78 is 10.7. The second-order valence-electron chi connectivity index (χ2n) is 7.64. The Hall–Kier alpha value is -2.22. The summed E-state index contributed by atoms with van der Waals surface area (Å²) in [5.74, 6) is -0.603. The lowest BCUT2D eigenvalue weighted by Crippen LogP contribution is -2.48. The fourth-order valence-corrected chi connectivity index (χ4v) is 4.63. The molecule has 3 rings (SSSR count). The molecule has 1 aliphatic rings. The molecule has 1 aromatic heterocycles. The first-order valence-corrected chi connectivity index (χ1v) is 10.6.